The van der Waals surface area contributed by atoms with E-state index in [9.17, 15) is 30.9 Å². The largest absolute Gasteiger partial charge is 0.412 e. The fraction of sp³-hybridized carbons (Fsp3) is 0.750. The van der Waals surface area contributed by atoms with E-state index in [0.717, 1.165) is 6.08 Å². The smallest absolute Gasteiger partial charge is 0.299 e. The van der Waals surface area contributed by atoms with Crippen LogP contribution >= 0.6 is 7.60 Å². The summed E-state index contributed by atoms with van der Waals surface area (Å²) < 4.78 is 90.5. The van der Waals surface area contributed by atoms with Crippen LogP contribution in [-0.2, 0) is 13.6 Å². The molecule has 0 aliphatic heterocycles. The Morgan fingerprint density at radius 2 is 1.39 bits per heavy atom. The maximum atomic E-state index is 11.8. The van der Waals surface area contributed by atoms with Gasteiger partial charge >= 0.3 is 19.9 Å². The lowest BCUT2D eigenvalue weighted by Gasteiger charge is -2.19. The summed E-state index contributed by atoms with van der Waals surface area (Å²) in [7, 11) is -4.46. The minimum absolute atomic E-state index is 0.657. The van der Waals surface area contributed by atoms with Crippen molar-refractivity contribution in [1.82, 2.24) is 0 Å². The number of rotatable bonds is 6. The second kappa shape index (κ2) is 6.58. The molecule has 0 spiro atoms. The second-order valence-corrected chi connectivity index (χ2v) is 5.24. The molecule has 0 aromatic heterocycles. The highest BCUT2D eigenvalue weighted by molar-refractivity contribution is 7.54. The number of alkyl halides is 6. The van der Waals surface area contributed by atoms with Crippen molar-refractivity contribution in [3.8, 4) is 0 Å². The fourth-order valence-electron chi connectivity index (χ4n) is 0.720. The van der Waals surface area contributed by atoms with Crippen molar-refractivity contribution in [3.05, 3.63) is 12.2 Å². The second-order valence-electron chi connectivity index (χ2n) is 3.14. The first-order valence-corrected chi connectivity index (χ1v) is 6.33. The maximum Gasteiger partial charge on any atom is 0.412 e. The van der Waals surface area contributed by atoms with E-state index in [0.29, 0.717) is 0 Å². The molecule has 0 bridgehead atoms. The minimum Gasteiger partial charge on any atom is -0.299 e. The van der Waals surface area contributed by atoms with E-state index in [4.69, 9.17) is 0 Å². The third kappa shape index (κ3) is 9.49. The summed E-state index contributed by atoms with van der Waals surface area (Å²) >= 11 is 0. The van der Waals surface area contributed by atoms with Gasteiger partial charge in [0.1, 0.15) is 0 Å². The zero-order valence-corrected chi connectivity index (χ0v) is 10.1. The molecule has 0 saturated carbocycles. The van der Waals surface area contributed by atoms with Gasteiger partial charge in [0.2, 0.25) is 0 Å². The first-order valence-electron chi connectivity index (χ1n) is 4.60. The Labute approximate surface area is 99.3 Å². The molecule has 0 aromatic carbocycles. The zero-order chi connectivity index (χ0) is 14.4. The molecule has 0 heterocycles. The fourth-order valence-corrected chi connectivity index (χ4v) is 2.16. The zero-order valence-electron chi connectivity index (χ0n) is 9.22. The lowest BCUT2D eigenvalue weighted by molar-refractivity contribution is -0.165. The van der Waals surface area contributed by atoms with E-state index in [1.807, 2.05) is 0 Å². The molecular formula is C8H11F6O3P. The van der Waals surface area contributed by atoms with Crippen LogP contribution in [0.4, 0.5) is 26.3 Å². The first-order chi connectivity index (χ1) is 7.97. The molecule has 3 nitrogen and oxygen atoms in total. The van der Waals surface area contributed by atoms with Gasteiger partial charge in [0.05, 0.1) is 6.16 Å². The molecule has 0 amide bonds. The molecule has 0 saturated heterocycles. The lowest BCUT2D eigenvalue weighted by atomic mass is 10.6. The molecule has 0 N–H and O–H groups in total. The number of hydrogen-bond donors (Lipinski definition) is 0. The number of hydrogen-bond acceptors (Lipinski definition) is 3. The van der Waals surface area contributed by atoms with E-state index in [-0.39, 0.29) is 0 Å². The summed E-state index contributed by atoms with van der Waals surface area (Å²) in [6.07, 6.45) is -7.84. The van der Waals surface area contributed by atoms with Crippen LogP contribution < -0.4 is 0 Å². The summed E-state index contributed by atoms with van der Waals surface area (Å²) in [5, 5.41) is 0. The Morgan fingerprint density at radius 1 is 1.00 bits per heavy atom. The van der Waals surface area contributed by atoms with Gasteiger partial charge in [-0.15, -0.1) is 0 Å². The molecule has 10 heteroatoms. The highest BCUT2D eigenvalue weighted by Crippen LogP contribution is 2.50. The summed E-state index contributed by atoms with van der Waals surface area (Å²) in [6, 6.07) is 0. The van der Waals surface area contributed by atoms with Crippen molar-refractivity contribution in [1.29, 1.82) is 0 Å². The van der Waals surface area contributed by atoms with Crippen LogP contribution in [0.25, 0.3) is 0 Å². The highest BCUT2D eigenvalue weighted by atomic mass is 31.2. The first kappa shape index (κ1) is 17.5. The SMILES string of the molecule is C/C=C/CP(=O)(OCC(F)(F)F)OCC(F)(F)F. The molecule has 108 valence electrons. The highest BCUT2D eigenvalue weighted by Gasteiger charge is 2.37. The van der Waals surface area contributed by atoms with Gasteiger partial charge in [-0.2, -0.15) is 26.3 Å². The minimum atomic E-state index is -4.80. The summed E-state index contributed by atoms with van der Waals surface area (Å²) in [5.41, 5.74) is 0. The van der Waals surface area contributed by atoms with E-state index in [1.54, 1.807) is 0 Å². The van der Waals surface area contributed by atoms with Gasteiger partial charge < -0.3 is 0 Å². The summed E-state index contributed by atoms with van der Waals surface area (Å²) in [6.45, 7) is -2.41. The van der Waals surface area contributed by atoms with Crippen molar-refractivity contribution in [2.45, 2.75) is 19.3 Å². The van der Waals surface area contributed by atoms with Gasteiger partial charge in [0.25, 0.3) is 0 Å². The Bertz CT molecular complexity index is 300. The third-order valence-electron chi connectivity index (χ3n) is 1.41. The Balaban J connectivity index is 4.58. The Hall–Kier alpha value is -0.530. The predicted molar refractivity (Wildman–Crippen MR) is 51.3 cm³/mol. The molecule has 0 rings (SSSR count). The van der Waals surface area contributed by atoms with E-state index in [2.05, 4.69) is 9.05 Å². The van der Waals surface area contributed by atoms with Crippen LogP contribution in [0.15, 0.2) is 12.2 Å². The van der Waals surface area contributed by atoms with Gasteiger partial charge in [-0.1, -0.05) is 12.2 Å². The van der Waals surface area contributed by atoms with Gasteiger partial charge in [-0.05, 0) is 6.92 Å². The van der Waals surface area contributed by atoms with E-state index >= 15 is 0 Å². The molecule has 0 fully saturated rings. The quantitative estimate of drug-likeness (QED) is 0.424. The lowest BCUT2D eigenvalue weighted by Crippen LogP contribution is -2.20. The number of allylic oxidation sites excluding steroid dienone is 2. The summed E-state index contributed by atoms with van der Waals surface area (Å²) in [4.78, 5) is 0. The van der Waals surface area contributed by atoms with Crippen molar-refractivity contribution < 1.29 is 40.0 Å². The van der Waals surface area contributed by atoms with Gasteiger partial charge in [0, 0.05) is 0 Å². The van der Waals surface area contributed by atoms with Gasteiger partial charge in [-0.25, -0.2) is 0 Å². The van der Waals surface area contributed by atoms with Crippen LogP contribution in [0.2, 0.25) is 0 Å². The summed E-state index contributed by atoms with van der Waals surface area (Å²) in [5.74, 6) is 0. The molecule has 0 atom stereocenters. The van der Waals surface area contributed by atoms with Gasteiger partial charge in [-0.3, -0.25) is 13.6 Å². The van der Waals surface area contributed by atoms with Crippen LogP contribution in [0.5, 0.6) is 0 Å². The van der Waals surface area contributed by atoms with E-state index < -0.39 is 39.3 Å². The maximum absolute atomic E-state index is 11.8. The van der Waals surface area contributed by atoms with Crippen molar-refractivity contribution in [2.24, 2.45) is 0 Å². The molecule has 0 aromatic rings. The standard InChI is InChI=1S/C8H11F6O3P/c1-2-3-4-18(15,16-5-7(9,10)11)17-6-8(12,13)14/h2-3H,4-6H2,1H3/b3-2+. The van der Waals surface area contributed by atoms with Crippen LogP contribution in [-0.4, -0.2) is 31.7 Å². The number of halogens is 6. The van der Waals surface area contributed by atoms with Crippen molar-refractivity contribution in [3.63, 3.8) is 0 Å². The van der Waals surface area contributed by atoms with Crippen molar-refractivity contribution in [2.75, 3.05) is 19.4 Å². The third-order valence-corrected chi connectivity index (χ3v) is 3.12. The molecule has 0 radical (unpaired) electrons. The molecule has 0 unspecified atom stereocenters. The predicted octanol–water partition coefficient (Wildman–Crippen LogP) is 3.91. The van der Waals surface area contributed by atoms with Crippen LogP contribution in [0, 0.1) is 0 Å². The normalized spacial score (nSPS) is 14.4. The monoisotopic (exact) mass is 300 g/mol. The van der Waals surface area contributed by atoms with Crippen molar-refractivity contribution >= 4 is 7.60 Å². The van der Waals surface area contributed by atoms with Gasteiger partial charge in [0.15, 0.2) is 13.2 Å². The van der Waals surface area contributed by atoms with E-state index in [1.165, 1.54) is 13.0 Å². The Morgan fingerprint density at radius 3 is 1.67 bits per heavy atom. The molecular weight excluding hydrogens is 289 g/mol. The average Bonchev–Trinajstić information content (AvgIpc) is 2.19. The average molecular weight is 300 g/mol. The topological polar surface area (TPSA) is 35.5 Å². The molecule has 0 aliphatic rings. The molecule has 0 aliphatic carbocycles. The molecule has 18 heavy (non-hydrogen) atoms. The van der Waals surface area contributed by atoms with Crippen LogP contribution in [0.3, 0.4) is 0 Å². The Kier molecular flexibility index (Phi) is 6.39. The van der Waals surface area contributed by atoms with Crippen LogP contribution in [0.1, 0.15) is 6.92 Å².